The average molecular weight is 397 g/mol. The Kier molecular flexibility index (Phi) is 5.68. The number of aliphatic carboxylic acids is 1. The summed E-state index contributed by atoms with van der Waals surface area (Å²) in [6, 6.07) is 4.90. The monoisotopic (exact) mass is 397 g/mol. The summed E-state index contributed by atoms with van der Waals surface area (Å²) >= 11 is 0. The molecule has 148 valence electrons. The summed E-state index contributed by atoms with van der Waals surface area (Å²) in [5, 5.41) is 8.97. The van der Waals surface area contributed by atoms with E-state index in [1.807, 2.05) is 0 Å². The fourth-order valence-corrected chi connectivity index (χ4v) is 4.29. The van der Waals surface area contributed by atoms with E-state index in [0.717, 1.165) is 19.3 Å². The highest BCUT2D eigenvalue weighted by molar-refractivity contribution is 7.92. The highest BCUT2D eigenvalue weighted by Crippen LogP contribution is 2.33. The minimum atomic E-state index is -3.50. The Morgan fingerprint density at radius 3 is 2.63 bits per heavy atom. The van der Waals surface area contributed by atoms with E-state index in [-0.39, 0.29) is 12.3 Å². The summed E-state index contributed by atoms with van der Waals surface area (Å²) in [6.07, 6.45) is 1.22. The lowest BCUT2D eigenvalue weighted by Crippen LogP contribution is -2.43. The number of amides is 1. The lowest BCUT2D eigenvalue weighted by atomic mass is 10.1. The third kappa shape index (κ3) is 4.57. The quantitative estimate of drug-likeness (QED) is 0.676. The molecule has 0 radical (unpaired) electrons. The van der Waals surface area contributed by atoms with Crippen LogP contribution in [0.4, 0.5) is 11.4 Å². The number of ether oxygens (including phenoxy) is 1. The van der Waals surface area contributed by atoms with Crippen LogP contribution in [-0.4, -0.2) is 82.5 Å². The standard InChI is InChI=1S/C17H23N3O6S/c1-27(24,25)20(5-4-18-6-8-26-9-7-18)14-2-3-15-13(10-14)11-16(21)19(15)12-17(22)23/h2-3,10H,4-9,11-12H2,1H3,(H,22,23). The highest BCUT2D eigenvalue weighted by atomic mass is 32.2. The molecular formula is C17H23N3O6S. The van der Waals surface area contributed by atoms with Crippen molar-refractivity contribution < 1.29 is 27.9 Å². The molecule has 1 aromatic rings. The number of carbonyl (C=O) groups excluding carboxylic acids is 1. The summed E-state index contributed by atoms with van der Waals surface area (Å²) in [5.41, 5.74) is 1.64. The van der Waals surface area contributed by atoms with Crippen LogP contribution in [0.1, 0.15) is 5.56 Å². The van der Waals surface area contributed by atoms with E-state index in [2.05, 4.69) is 4.90 Å². The number of carboxylic acids is 1. The van der Waals surface area contributed by atoms with Crippen molar-refractivity contribution in [2.24, 2.45) is 0 Å². The Labute approximate surface area is 158 Å². The average Bonchev–Trinajstić information content (AvgIpc) is 2.89. The SMILES string of the molecule is CS(=O)(=O)N(CCN1CCOCC1)c1ccc2c(c1)CC(=O)N2CC(=O)O. The summed E-state index contributed by atoms with van der Waals surface area (Å²) in [5.74, 6) is -1.40. The number of hydrogen-bond acceptors (Lipinski definition) is 6. The third-order valence-corrected chi connectivity index (χ3v) is 5.90. The van der Waals surface area contributed by atoms with Gasteiger partial charge in [-0.05, 0) is 23.8 Å². The predicted octanol–water partition coefficient (Wildman–Crippen LogP) is -0.241. The maximum absolute atomic E-state index is 12.3. The fraction of sp³-hybridized carbons (Fsp3) is 0.529. The molecule has 1 aromatic carbocycles. The number of anilines is 2. The molecule has 0 saturated carbocycles. The Morgan fingerprint density at radius 1 is 1.30 bits per heavy atom. The molecular weight excluding hydrogens is 374 g/mol. The summed E-state index contributed by atoms with van der Waals surface area (Å²) in [6.45, 7) is 3.28. The molecule has 2 aliphatic heterocycles. The maximum atomic E-state index is 12.3. The largest absolute Gasteiger partial charge is 0.480 e. The van der Waals surface area contributed by atoms with Crippen molar-refractivity contribution in [3.05, 3.63) is 23.8 Å². The molecule has 1 N–H and O–H groups in total. The van der Waals surface area contributed by atoms with Crippen LogP contribution in [-0.2, 0) is 30.8 Å². The van der Waals surface area contributed by atoms with Crippen molar-refractivity contribution in [2.45, 2.75) is 6.42 Å². The Balaban J connectivity index is 1.80. The molecule has 27 heavy (non-hydrogen) atoms. The molecule has 1 fully saturated rings. The van der Waals surface area contributed by atoms with Crippen LogP contribution in [0.15, 0.2) is 18.2 Å². The normalized spacial score (nSPS) is 17.8. The van der Waals surface area contributed by atoms with Crippen molar-refractivity contribution in [1.29, 1.82) is 0 Å². The van der Waals surface area contributed by atoms with Crippen molar-refractivity contribution in [1.82, 2.24) is 4.90 Å². The Morgan fingerprint density at radius 2 is 2.00 bits per heavy atom. The van der Waals surface area contributed by atoms with Crippen LogP contribution >= 0.6 is 0 Å². The van der Waals surface area contributed by atoms with Gasteiger partial charge in [0.2, 0.25) is 15.9 Å². The number of fused-ring (bicyclic) bond motifs is 1. The molecule has 0 bridgehead atoms. The van der Waals surface area contributed by atoms with Gasteiger partial charge in [-0.3, -0.25) is 18.8 Å². The van der Waals surface area contributed by atoms with Gasteiger partial charge in [-0.25, -0.2) is 8.42 Å². The molecule has 9 nitrogen and oxygen atoms in total. The number of hydrogen-bond donors (Lipinski definition) is 1. The molecule has 0 unspecified atom stereocenters. The lowest BCUT2D eigenvalue weighted by Gasteiger charge is -2.30. The van der Waals surface area contributed by atoms with E-state index < -0.39 is 22.5 Å². The number of benzene rings is 1. The van der Waals surface area contributed by atoms with Crippen molar-refractivity contribution in [3.8, 4) is 0 Å². The Bertz CT molecular complexity index is 835. The zero-order valence-corrected chi connectivity index (χ0v) is 15.9. The van der Waals surface area contributed by atoms with E-state index in [9.17, 15) is 18.0 Å². The van der Waals surface area contributed by atoms with Gasteiger partial charge in [-0.1, -0.05) is 0 Å². The number of nitrogens with zero attached hydrogens (tertiary/aromatic N) is 3. The maximum Gasteiger partial charge on any atom is 0.323 e. The van der Waals surface area contributed by atoms with E-state index in [1.54, 1.807) is 18.2 Å². The summed E-state index contributed by atoms with van der Waals surface area (Å²) in [7, 11) is -3.50. The fourth-order valence-electron chi connectivity index (χ4n) is 3.38. The van der Waals surface area contributed by atoms with Gasteiger partial charge in [0, 0.05) is 31.9 Å². The van der Waals surface area contributed by atoms with E-state index in [1.165, 1.54) is 9.21 Å². The predicted molar refractivity (Wildman–Crippen MR) is 99.6 cm³/mol. The van der Waals surface area contributed by atoms with Gasteiger partial charge >= 0.3 is 5.97 Å². The minimum absolute atomic E-state index is 0.0670. The summed E-state index contributed by atoms with van der Waals surface area (Å²) < 4.78 is 31.2. The van der Waals surface area contributed by atoms with Gasteiger partial charge in [-0.2, -0.15) is 0 Å². The van der Waals surface area contributed by atoms with Crippen molar-refractivity contribution in [2.75, 3.05) is 61.4 Å². The van der Waals surface area contributed by atoms with Crippen molar-refractivity contribution >= 4 is 33.3 Å². The minimum Gasteiger partial charge on any atom is -0.480 e. The van der Waals surface area contributed by atoms with Crippen LogP contribution in [0.25, 0.3) is 0 Å². The highest BCUT2D eigenvalue weighted by Gasteiger charge is 2.30. The van der Waals surface area contributed by atoms with Gasteiger partial charge in [0.05, 0.1) is 31.6 Å². The van der Waals surface area contributed by atoms with Crippen LogP contribution in [0.2, 0.25) is 0 Å². The van der Waals surface area contributed by atoms with Crippen LogP contribution in [0.3, 0.4) is 0 Å². The Hall–Kier alpha value is -2.17. The van der Waals surface area contributed by atoms with Crippen LogP contribution < -0.4 is 9.21 Å². The topological polar surface area (TPSA) is 107 Å². The smallest absolute Gasteiger partial charge is 0.323 e. The number of carbonyl (C=O) groups is 2. The van der Waals surface area contributed by atoms with Crippen LogP contribution in [0, 0.1) is 0 Å². The number of sulfonamides is 1. The van der Waals surface area contributed by atoms with Crippen molar-refractivity contribution in [3.63, 3.8) is 0 Å². The molecule has 2 aliphatic rings. The zero-order valence-electron chi connectivity index (χ0n) is 15.1. The van der Waals surface area contributed by atoms with Gasteiger partial charge in [0.1, 0.15) is 6.54 Å². The van der Waals surface area contributed by atoms with Gasteiger partial charge in [-0.15, -0.1) is 0 Å². The first-order valence-corrected chi connectivity index (χ1v) is 10.5. The first kappa shape index (κ1) is 19.6. The number of carboxylic acid groups (broad SMARTS) is 1. The molecule has 0 spiro atoms. The summed E-state index contributed by atoms with van der Waals surface area (Å²) in [4.78, 5) is 26.4. The molecule has 3 rings (SSSR count). The molecule has 1 saturated heterocycles. The van der Waals surface area contributed by atoms with E-state index >= 15 is 0 Å². The van der Waals surface area contributed by atoms with Crippen LogP contribution in [0.5, 0.6) is 0 Å². The lowest BCUT2D eigenvalue weighted by molar-refractivity contribution is -0.136. The second-order valence-electron chi connectivity index (χ2n) is 6.65. The molecule has 10 heteroatoms. The molecule has 0 atom stereocenters. The molecule has 0 aliphatic carbocycles. The number of morpholine rings is 1. The van der Waals surface area contributed by atoms with E-state index in [0.29, 0.717) is 43.2 Å². The molecule has 0 aromatic heterocycles. The molecule has 2 heterocycles. The van der Waals surface area contributed by atoms with Gasteiger partial charge < -0.3 is 14.7 Å². The van der Waals surface area contributed by atoms with Gasteiger partial charge in [0.25, 0.3) is 0 Å². The second kappa shape index (κ2) is 7.83. The first-order chi connectivity index (χ1) is 12.8. The second-order valence-corrected chi connectivity index (χ2v) is 8.56. The van der Waals surface area contributed by atoms with Gasteiger partial charge in [0.15, 0.2) is 0 Å². The first-order valence-electron chi connectivity index (χ1n) is 8.68. The zero-order chi connectivity index (χ0) is 19.6. The van der Waals surface area contributed by atoms with E-state index in [4.69, 9.17) is 9.84 Å². The molecule has 1 amide bonds. The third-order valence-electron chi connectivity index (χ3n) is 4.70. The number of rotatable bonds is 7.